The van der Waals surface area contributed by atoms with Crippen molar-refractivity contribution in [3.8, 4) is 0 Å². The maximum atomic E-state index is 14.0. The van der Waals surface area contributed by atoms with E-state index in [1.165, 1.54) is 19.7 Å². The Labute approximate surface area is 163 Å². The first kappa shape index (κ1) is 20.2. The van der Waals surface area contributed by atoms with E-state index < -0.39 is 39.8 Å². The SMILES string of the molecule is CN(C)S(=O)(=O)c1ccc(F)c(C(=O)OCC(=O)c2ccc3c(c2)CCC3)c1. The summed E-state index contributed by atoms with van der Waals surface area (Å²) in [5.74, 6) is -2.42. The Morgan fingerprint density at radius 3 is 2.50 bits per heavy atom. The molecule has 0 spiro atoms. The van der Waals surface area contributed by atoms with Crippen molar-refractivity contribution in [2.24, 2.45) is 0 Å². The first-order valence-corrected chi connectivity index (χ1v) is 10.2. The zero-order chi connectivity index (χ0) is 20.5. The summed E-state index contributed by atoms with van der Waals surface area (Å²) in [7, 11) is -1.19. The standard InChI is InChI=1S/C20H20FNO5S/c1-22(2)28(25,26)16-8-9-18(21)17(11-16)20(24)27-12-19(23)15-7-6-13-4-3-5-14(13)10-15/h6-11H,3-5,12H2,1-2H3. The number of carbonyl (C=O) groups excluding carboxylic acids is 2. The molecule has 0 aromatic heterocycles. The van der Waals surface area contributed by atoms with Crippen molar-refractivity contribution in [3.05, 3.63) is 64.5 Å². The minimum absolute atomic E-state index is 0.240. The number of Topliss-reactive ketones (excluding diaryl/α,β-unsaturated/α-hetero) is 1. The van der Waals surface area contributed by atoms with Crippen molar-refractivity contribution in [2.75, 3.05) is 20.7 Å². The number of hydrogen-bond acceptors (Lipinski definition) is 5. The van der Waals surface area contributed by atoms with Gasteiger partial charge in [-0.25, -0.2) is 21.9 Å². The van der Waals surface area contributed by atoms with E-state index in [-0.39, 0.29) is 4.90 Å². The molecule has 2 aromatic carbocycles. The lowest BCUT2D eigenvalue weighted by Gasteiger charge is -2.12. The van der Waals surface area contributed by atoms with Crippen LogP contribution in [0.1, 0.15) is 38.3 Å². The monoisotopic (exact) mass is 405 g/mol. The summed E-state index contributed by atoms with van der Waals surface area (Å²) < 4.78 is 44.2. The predicted octanol–water partition coefficient (Wildman–Crippen LogP) is 2.60. The molecule has 0 bridgehead atoms. The molecule has 0 saturated carbocycles. The molecule has 148 valence electrons. The van der Waals surface area contributed by atoms with Crippen molar-refractivity contribution in [2.45, 2.75) is 24.2 Å². The number of ether oxygens (including phenoxy) is 1. The molecule has 28 heavy (non-hydrogen) atoms. The molecule has 0 amide bonds. The highest BCUT2D eigenvalue weighted by Crippen LogP contribution is 2.23. The van der Waals surface area contributed by atoms with Gasteiger partial charge in [-0.3, -0.25) is 4.79 Å². The first-order valence-electron chi connectivity index (χ1n) is 8.74. The normalized spacial score (nSPS) is 13.4. The molecule has 0 radical (unpaired) electrons. The number of fused-ring (bicyclic) bond motifs is 1. The summed E-state index contributed by atoms with van der Waals surface area (Å²) in [5.41, 5.74) is 2.22. The fraction of sp³-hybridized carbons (Fsp3) is 0.300. The van der Waals surface area contributed by atoms with Crippen molar-refractivity contribution < 1.29 is 27.1 Å². The molecule has 0 fully saturated rings. The molecular formula is C20H20FNO5S. The molecule has 0 unspecified atom stereocenters. The van der Waals surface area contributed by atoms with Gasteiger partial charge in [0.2, 0.25) is 10.0 Å². The van der Waals surface area contributed by atoms with Crippen LogP contribution in [0.25, 0.3) is 0 Å². The second kappa shape index (κ2) is 7.81. The lowest BCUT2D eigenvalue weighted by molar-refractivity contribution is 0.0470. The van der Waals surface area contributed by atoms with E-state index in [4.69, 9.17) is 4.74 Å². The quantitative estimate of drug-likeness (QED) is 0.545. The van der Waals surface area contributed by atoms with Crippen LogP contribution in [0, 0.1) is 5.82 Å². The molecule has 0 heterocycles. The highest BCUT2D eigenvalue weighted by Gasteiger charge is 2.23. The van der Waals surface area contributed by atoms with E-state index in [0.717, 1.165) is 47.3 Å². The summed E-state index contributed by atoms with van der Waals surface area (Å²) in [6.45, 7) is -0.554. The van der Waals surface area contributed by atoms with Gasteiger partial charge < -0.3 is 4.74 Å². The van der Waals surface area contributed by atoms with E-state index in [2.05, 4.69) is 0 Å². The first-order chi connectivity index (χ1) is 13.2. The molecule has 6 nitrogen and oxygen atoms in total. The summed E-state index contributed by atoms with van der Waals surface area (Å²) in [5, 5.41) is 0. The second-order valence-electron chi connectivity index (χ2n) is 6.77. The number of halogens is 1. The van der Waals surface area contributed by atoms with Gasteiger partial charge in [-0.05, 0) is 54.7 Å². The van der Waals surface area contributed by atoms with Crippen LogP contribution >= 0.6 is 0 Å². The Kier molecular flexibility index (Phi) is 5.62. The third-order valence-electron chi connectivity index (χ3n) is 4.69. The van der Waals surface area contributed by atoms with Crippen LogP contribution in [-0.4, -0.2) is 45.2 Å². The Balaban J connectivity index is 1.73. The number of nitrogens with zero attached hydrogens (tertiary/aromatic N) is 1. The molecule has 0 aliphatic heterocycles. The van der Waals surface area contributed by atoms with Crippen LogP contribution in [0.2, 0.25) is 0 Å². The van der Waals surface area contributed by atoms with Crippen LogP contribution in [0.5, 0.6) is 0 Å². The molecule has 8 heteroatoms. The van der Waals surface area contributed by atoms with Gasteiger partial charge in [-0.2, -0.15) is 0 Å². The topological polar surface area (TPSA) is 80.8 Å². The van der Waals surface area contributed by atoms with E-state index in [9.17, 15) is 22.4 Å². The number of hydrogen-bond donors (Lipinski definition) is 0. The van der Waals surface area contributed by atoms with Gasteiger partial charge in [0, 0.05) is 19.7 Å². The maximum Gasteiger partial charge on any atom is 0.341 e. The lowest BCUT2D eigenvalue weighted by Crippen LogP contribution is -2.23. The number of carbonyl (C=O) groups is 2. The second-order valence-corrected chi connectivity index (χ2v) is 8.92. The third kappa shape index (κ3) is 3.98. The fourth-order valence-electron chi connectivity index (χ4n) is 3.07. The van der Waals surface area contributed by atoms with Crippen molar-refractivity contribution >= 4 is 21.8 Å². The minimum atomic E-state index is -3.84. The van der Waals surface area contributed by atoms with E-state index in [1.807, 2.05) is 6.07 Å². The van der Waals surface area contributed by atoms with Crippen LogP contribution in [-0.2, 0) is 27.6 Å². The van der Waals surface area contributed by atoms with E-state index in [0.29, 0.717) is 5.56 Å². The molecule has 1 aliphatic carbocycles. The number of benzene rings is 2. The molecule has 2 aromatic rings. The molecule has 3 rings (SSSR count). The van der Waals surface area contributed by atoms with Gasteiger partial charge in [0.05, 0.1) is 10.5 Å². The average molecular weight is 405 g/mol. The third-order valence-corrected chi connectivity index (χ3v) is 6.50. The van der Waals surface area contributed by atoms with Gasteiger partial charge in [0.15, 0.2) is 12.4 Å². The molecule has 1 aliphatic rings. The molecule has 0 saturated heterocycles. The van der Waals surface area contributed by atoms with Crippen LogP contribution in [0.3, 0.4) is 0 Å². The Morgan fingerprint density at radius 2 is 1.79 bits per heavy atom. The van der Waals surface area contributed by atoms with E-state index in [1.54, 1.807) is 12.1 Å². The predicted molar refractivity (Wildman–Crippen MR) is 100 cm³/mol. The average Bonchev–Trinajstić information content (AvgIpc) is 3.13. The number of rotatable bonds is 6. The lowest BCUT2D eigenvalue weighted by atomic mass is 10.0. The summed E-state index contributed by atoms with van der Waals surface area (Å²) >= 11 is 0. The molecule has 0 N–H and O–H groups in total. The van der Waals surface area contributed by atoms with Crippen LogP contribution in [0.15, 0.2) is 41.3 Å². The Morgan fingerprint density at radius 1 is 1.07 bits per heavy atom. The zero-order valence-corrected chi connectivity index (χ0v) is 16.4. The van der Waals surface area contributed by atoms with Gasteiger partial charge in [-0.15, -0.1) is 0 Å². The molecular weight excluding hydrogens is 385 g/mol. The summed E-state index contributed by atoms with van der Waals surface area (Å²) in [6, 6.07) is 8.24. The smallest absolute Gasteiger partial charge is 0.341 e. The van der Waals surface area contributed by atoms with E-state index >= 15 is 0 Å². The van der Waals surface area contributed by atoms with Crippen molar-refractivity contribution in [1.29, 1.82) is 0 Å². The fourth-order valence-corrected chi connectivity index (χ4v) is 4.00. The van der Waals surface area contributed by atoms with Gasteiger partial charge >= 0.3 is 5.97 Å². The number of aryl methyl sites for hydroxylation is 2. The Bertz CT molecular complexity index is 1050. The zero-order valence-electron chi connectivity index (χ0n) is 15.6. The maximum absolute atomic E-state index is 14.0. The highest BCUT2D eigenvalue weighted by molar-refractivity contribution is 7.89. The number of ketones is 1. The Hall–Kier alpha value is -2.58. The number of sulfonamides is 1. The van der Waals surface area contributed by atoms with Gasteiger partial charge in [-0.1, -0.05) is 12.1 Å². The van der Waals surface area contributed by atoms with Gasteiger partial charge in [0.1, 0.15) is 5.82 Å². The van der Waals surface area contributed by atoms with Crippen molar-refractivity contribution in [3.63, 3.8) is 0 Å². The van der Waals surface area contributed by atoms with Gasteiger partial charge in [0.25, 0.3) is 0 Å². The summed E-state index contributed by atoms with van der Waals surface area (Å²) in [4.78, 5) is 24.3. The van der Waals surface area contributed by atoms with Crippen LogP contribution < -0.4 is 0 Å². The largest absolute Gasteiger partial charge is 0.454 e. The highest BCUT2D eigenvalue weighted by atomic mass is 32.2. The summed E-state index contributed by atoms with van der Waals surface area (Å²) in [6.07, 6.45) is 2.95. The van der Waals surface area contributed by atoms with Crippen LogP contribution in [0.4, 0.5) is 4.39 Å². The number of esters is 1. The molecule has 0 atom stereocenters. The minimum Gasteiger partial charge on any atom is -0.454 e. The van der Waals surface area contributed by atoms with Crippen molar-refractivity contribution in [1.82, 2.24) is 4.31 Å².